The van der Waals surface area contributed by atoms with Crippen LogP contribution >= 0.6 is 11.6 Å². The van der Waals surface area contributed by atoms with E-state index in [0.29, 0.717) is 6.54 Å². The van der Waals surface area contributed by atoms with Gasteiger partial charge in [0.05, 0.1) is 16.7 Å². The van der Waals surface area contributed by atoms with Gasteiger partial charge in [-0.1, -0.05) is 11.6 Å². The first kappa shape index (κ1) is 15.3. The van der Waals surface area contributed by atoms with E-state index >= 15 is 0 Å². The van der Waals surface area contributed by atoms with E-state index in [9.17, 15) is 8.78 Å². The second-order valence-electron chi connectivity index (χ2n) is 5.35. The molecule has 0 amide bonds. The minimum Gasteiger partial charge on any atom is -0.418 e. The molecule has 118 valence electrons. The van der Waals surface area contributed by atoms with Crippen LogP contribution in [0.1, 0.15) is 18.9 Å². The Morgan fingerprint density at radius 2 is 1.95 bits per heavy atom. The van der Waals surface area contributed by atoms with Gasteiger partial charge >= 0.3 is 0 Å². The van der Waals surface area contributed by atoms with Gasteiger partial charge in [-0.05, 0) is 26.1 Å². The number of likely N-dealkylation sites (N-methyl/N-ethyl adjacent to an activating group) is 1. The Labute approximate surface area is 130 Å². The number of morpholine rings is 1. The standard InChI is InChI=1S/C14H14ClF2N3O2/c1-7-5-20(2)6-12(21-7)14-19-18-13(22-14)8-3-10(16)11(17)4-9(8)15/h3-4,7,12H,5-6H2,1-2H3/t7-,12-/m1/s1. The fourth-order valence-electron chi connectivity index (χ4n) is 2.46. The number of hydrogen-bond acceptors (Lipinski definition) is 5. The summed E-state index contributed by atoms with van der Waals surface area (Å²) in [6.45, 7) is 3.37. The first-order valence-corrected chi connectivity index (χ1v) is 7.14. The molecule has 1 saturated heterocycles. The minimum absolute atomic E-state index is 0.00384. The molecule has 3 rings (SSSR count). The van der Waals surface area contributed by atoms with Crippen molar-refractivity contribution in [2.45, 2.75) is 19.1 Å². The van der Waals surface area contributed by atoms with E-state index in [0.717, 1.165) is 18.7 Å². The Bertz CT molecular complexity index is 685. The lowest BCUT2D eigenvalue weighted by Crippen LogP contribution is -2.40. The van der Waals surface area contributed by atoms with Crippen molar-refractivity contribution < 1.29 is 17.9 Å². The highest BCUT2D eigenvalue weighted by Gasteiger charge is 2.29. The Hall–Kier alpha value is -1.57. The number of hydrogen-bond donors (Lipinski definition) is 0. The van der Waals surface area contributed by atoms with Gasteiger partial charge in [0.1, 0.15) is 6.10 Å². The normalized spacial score (nSPS) is 23.0. The molecule has 0 radical (unpaired) electrons. The van der Waals surface area contributed by atoms with Gasteiger partial charge in [0.15, 0.2) is 11.6 Å². The summed E-state index contributed by atoms with van der Waals surface area (Å²) in [6.07, 6.45) is -0.329. The molecular formula is C14H14ClF2N3O2. The summed E-state index contributed by atoms with van der Waals surface area (Å²) in [7, 11) is 1.97. The second-order valence-corrected chi connectivity index (χ2v) is 5.76. The first-order chi connectivity index (χ1) is 10.4. The third-order valence-electron chi connectivity index (χ3n) is 3.40. The van der Waals surface area contributed by atoms with Gasteiger partial charge in [-0.15, -0.1) is 10.2 Å². The average Bonchev–Trinajstić information content (AvgIpc) is 2.91. The molecule has 0 bridgehead atoms. The summed E-state index contributed by atoms with van der Waals surface area (Å²) in [5.74, 6) is -1.74. The zero-order valence-electron chi connectivity index (χ0n) is 12.0. The summed E-state index contributed by atoms with van der Waals surface area (Å²) in [5.41, 5.74) is 0.150. The highest BCUT2D eigenvalue weighted by molar-refractivity contribution is 6.33. The molecule has 8 heteroatoms. The van der Waals surface area contributed by atoms with Gasteiger partial charge in [-0.3, -0.25) is 0 Å². The van der Waals surface area contributed by atoms with Crippen LogP contribution in [0.4, 0.5) is 8.78 Å². The maximum Gasteiger partial charge on any atom is 0.249 e. The molecular weight excluding hydrogens is 316 g/mol. The Morgan fingerprint density at radius 1 is 1.23 bits per heavy atom. The van der Waals surface area contributed by atoms with E-state index in [4.69, 9.17) is 20.8 Å². The van der Waals surface area contributed by atoms with Crippen molar-refractivity contribution in [1.82, 2.24) is 15.1 Å². The Morgan fingerprint density at radius 3 is 2.68 bits per heavy atom. The molecule has 1 aromatic heterocycles. The van der Waals surface area contributed by atoms with Crippen molar-refractivity contribution in [1.29, 1.82) is 0 Å². The molecule has 2 heterocycles. The van der Waals surface area contributed by atoms with Crippen molar-refractivity contribution in [2.24, 2.45) is 0 Å². The van der Waals surface area contributed by atoms with Crippen molar-refractivity contribution >= 4 is 11.6 Å². The van der Waals surface area contributed by atoms with E-state index in [1.54, 1.807) is 0 Å². The van der Waals surface area contributed by atoms with Gasteiger partial charge < -0.3 is 14.1 Å². The molecule has 1 aliphatic rings. The number of nitrogens with zero attached hydrogens (tertiary/aromatic N) is 3. The SMILES string of the molecule is C[C@@H]1CN(C)C[C@H](c2nnc(-c3cc(F)c(F)cc3Cl)o2)O1. The largest absolute Gasteiger partial charge is 0.418 e. The summed E-state index contributed by atoms with van der Waals surface area (Å²) < 4.78 is 37.8. The van der Waals surface area contributed by atoms with Crippen LogP contribution in [0.25, 0.3) is 11.5 Å². The van der Waals surface area contributed by atoms with E-state index in [1.807, 2.05) is 14.0 Å². The molecule has 5 nitrogen and oxygen atoms in total. The molecule has 1 fully saturated rings. The number of ether oxygens (including phenoxy) is 1. The maximum absolute atomic E-state index is 13.4. The van der Waals surface area contributed by atoms with Crippen LogP contribution in [-0.2, 0) is 4.74 Å². The van der Waals surface area contributed by atoms with Crippen LogP contribution in [-0.4, -0.2) is 41.3 Å². The summed E-state index contributed by atoms with van der Waals surface area (Å²) in [6, 6.07) is 1.81. The van der Waals surface area contributed by atoms with Crippen LogP contribution < -0.4 is 0 Å². The predicted octanol–water partition coefficient (Wildman–Crippen LogP) is 3.06. The van der Waals surface area contributed by atoms with Crippen molar-refractivity contribution in [2.75, 3.05) is 20.1 Å². The van der Waals surface area contributed by atoms with Crippen molar-refractivity contribution in [3.8, 4) is 11.5 Å². The van der Waals surface area contributed by atoms with Crippen LogP contribution in [0, 0.1) is 11.6 Å². The lowest BCUT2D eigenvalue weighted by Gasteiger charge is -2.32. The van der Waals surface area contributed by atoms with Crippen molar-refractivity contribution in [3.05, 3.63) is 34.7 Å². The number of rotatable bonds is 2. The number of benzene rings is 1. The second kappa shape index (κ2) is 5.91. The fraction of sp³-hybridized carbons (Fsp3) is 0.429. The van der Waals surface area contributed by atoms with Gasteiger partial charge in [0.2, 0.25) is 11.8 Å². The van der Waals surface area contributed by atoms with Crippen LogP contribution in [0.15, 0.2) is 16.5 Å². The smallest absolute Gasteiger partial charge is 0.249 e. The van der Waals surface area contributed by atoms with E-state index in [1.165, 1.54) is 0 Å². The van der Waals surface area contributed by atoms with Gasteiger partial charge in [0.25, 0.3) is 0 Å². The van der Waals surface area contributed by atoms with E-state index in [2.05, 4.69) is 15.1 Å². The molecule has 1 aromatic carbocycles. The van der Waals surface area contributed by atoms with Crippen molar-refractivity contribution in [3.63, 3.8) is 0 Å². The highest BCUT2D eigenvalue weighted by atomic mass is 35.5. The average molecular weight is 330 g/mol. The summed E-state index contributed by atoms with van der Waals surface area (Å²) in [5, 5.41) is 7.79. The molecule has 2 aromatic rings. The third kappa shape index (κ3) is 2.97. The minimum atomic E-state index is -1.03. The van der Waals surface area contributed by atoms with Gasteiger partial charge in [-0.2, -0.15) is 0 Å². The van der Waals surface area contributed by atoms with Gasteiger partial charge in [0, 0.05) is 13.1 Å². The monoisotopic (exact) mass is 329 g/mol. The quantitative estimate of drug-likeness (QED) is 0.793. The molecule has 2 atom stereocenters. The molecule has 0 aliphatic carbocycles. The lowest BCUT2D eigenvalue weighted by molar-refractivity contribution is -0.0821. The zero-order chi connectivity index (χ0) is 15.9. The van der Waals surface area contributed by atoms with E-state index in [-0.39, 0.29) is 34.6 Å². The fourth-order valence-corrected chi connectivity index (χ4v) is 2.69. The number of halogens is 3. The van der Waals surface area contributed by atoms with Crippen LogP contribution in [0.2, 0.25) is 5.02 Å². The molecule has 0 N–H and O–H groups in total. The molecule has 0 spiro atoms. The zero-order valence-corrected chi connectivity index (χ0v) is 12.8. The highest BCUT2D eigenvalue weighted by Crippen LogP contribution is 2.31. The van der Waals surface area contributed by atoms with E-state index < -0.39 is 11.6 Å². The molecule has 0 unspecified atom stereocenters. The maximum atomic E-state index is 13.4. The lowest BCUT2D eigenvalue weighted by atomic mass is 10.2. The van der Waals surface area contributed by atoms with Crippen LogP contribution in [0.5, 0.6) is 0 Å². The Kier molecular flexibility index (Phi) is 4.12. The van der Waals surface area contributed by atoms with Crippen LogP contribution in [0.3, 0.4) is 0 Å². The topological polar surface area (TPSA) is 51.4 Å². The Balaban J connectivity index is 1.89. The summed E-state index contributed by atoms with van der Waals surface area (Å²) >= 11 is 5.90. The van der Waals surface area contributed by atoms with Gasteiger partial charge in [-0.25, -0.2) is 8.78 Å². The first-order valence-electron chi connectivity index (χ1n) is 6.76. The third-order valence-corrected chi connectivity index (χ3v) is 3.71. The molecule has 0 saturated carbocycles. The number of aromatic nitrogens is 2. The molecule has 22 heavy (non-hydrogen) atoms. The predicted molar refractivity (Wildman–Crippen MR) is 75.4 cm³/mol. The molecule has 1 aliphatic heterocycles. The summed E-state index contributed by atoms with van der Waals surface area (Å²) in [4.78, 5) is 2.09.